The highest BCUT2D eigenvalue weighted by Crippen LogP contribution is 2.10. The topological polar surface area (TPSA) is 24.5 Å². The molecule has 1 saturated heterocycles. The van der Waals surface area contributed by atoms with Crippen LogP contribution in [-0.2, 0) is 4.74 Å². The van der Waals surface area contributed by atoms with Crippen LogP contribution in [0.15, 0.2) is 0 Å². The van der Waals surface area contributed by atoms with Crippen LogP contribution in [0, 0.1) is 0 Å². The molecule has 14 heavy (non-hydrogen) atoms. The summed E-state index contributed by atoms with van der Waals surface area (Å²) in [6.07, 6.45) is 2.93. The lowest BCUT2D eigenvalue weighted by atomic mass is 10.2. The molecule has 0 aromatic rings. The molecule has 1 N–H and O–H groups in total. The first-order chi connectivity index (χ1) is 6.74. The van der Waals surface area contributed by atoms with E-state index in [9.17, 15) is 0 Å². The smallest absolute Gasteiger partial charge is 0.0700 e. The Bertz CT molecular complexity index is 146. The molecule has 2 unspecified atom stereocenters. The third kappa shape index (κ3) is 3.95. The van der Waals surface area contributed by atoms with Crippen LogP contribution in [0.5, 0.6) is 0 Å². The lowest BCUT2D eigenvalue weighted by molar-refractivity contribution is 0.108. The van der Waals surface area contributed by atoms with Crippen LogP contribution in [-0.4, -0.2) is 50.3 Å². The van der Waals surface area contributed by atoms with Crippen molar-refractivity contribution in [1.82, 2.24) is 10.2 Å². The molecule has 0 spiro atoms. The van der Waals surface area contributed by atoms with E-state index in [-0.39, 0.29) is 0 Å². The van der Waals surface area contributed by atoms with E-state index in [1.807, 2.05) is 0 Å². The van der Waals surface area contributed by atoms with E-state index in [4.69, 9.17) is 4.74 Å². The molecule has 3 heteroatoms. The summed E-state index contributed by atoms with van der Waals surface area (Å²) in [5.74, 6) is 0. The van der Waals surface area contributed by atoms with Gasteiger partial charge in [-0.2, -0.15) is 0 Å². The van der Waals surface area contributed by atoms with Gasteiger partial charge in [-0.25, -0.2) is 0 Å². The predicted molar refractivity (Wildman–Crippen MR) is 59.6 cm³/mol. The average molecular weight is 200 g/mol. The zero-order valence-corrected chi connectivity index (χ0v) is 9.75. The highest BCUT2D eigenvalue weighted by atomic mass is 16.5. The average Bonchev–Trinajstić information content (AvgIpc) is 2.69. The molecular formula is C11H24N2O. The van der Waals surface area contributed by atoms with E-state index < -0.39 is 0 Å². The second kappa shape index (κ2) is 6.38. The van der Waals surface area contributed by atoms with E-state index in [1.165, 1.54) is 12.8 Å². The minimum atomic E-state index is 0.467. The van der Waals surface area contributed by atoms with Crippen molar-refractivity contribution in [2.45, 2.75) is 38.8 Å². The Morgan fingerprint density at radius 3 is 2.93 bits per heavy atom. The fourth-order valence-electron chi connectivity index (χ4n) is 1.73. The van der Waals surface area contributed by atoms with Crippen molar-refractivity contribution in [3.63, 3.8) is 0 Å². The van der Waals surface area contributed by atoms with Gasteiger partial charge >= 0.3 is 0 Å². The standard InChI is InChI=1S/C11H24N2O/c1-4-13(3)10(2)8-12-9-11-6-5-7-14-11/h10-12H,4-9H2,1-3H3. The monoisotopic (exact) mass is 200 g/mol. The fraction of sp³-hybridized carbons (Fsp3) is 1.00. The van der Waals surface area contributed by atoms with Gasteiger partial charge in [-0.05, 0) is 33.4 Å². The van der Waals surface area contributed by atoms with Crippen LogP contribution in [0.3, 0.4) is 0 Å². The Balaban J connectivity index is 2.02. The first-order valence-electron chi connectivity index (χ1n) is 5.76. The van der Waals surface area contributed by atoms with Gasteiger partial charge in [0.15, 0.2) is 0 Å². The predicted octanol–water partition coefficient (Wildman–Crippen LogP) is 1.10. The maximum Gasteiger partial charge on any atom is 0.0700 e. The first-order valence-corrected chi connectivity index (χ1v) is 5.76. The van der Waals surface area contributed by atoms with E-state index >= 15 is 0 Å². The van der Waals surface area contributed by atoms with Gasteiger partial charge in [0.2, 0.25) is 0 Å². The molecule has 3 nitrogen and oxygen atoms in total. The Hall–Kier alpha value is -0.120. The van der Waals surface area contributed by atoms with Gasteiger partial charge in [0, 0.05) is 25.7 Å². The molecule has 1 rings (SSSR count). The maximum atomic E-state index is 5.55. The summed E-state index contributed by atoms with van der Waals surface area (Å²) in [5.41, 5.74) is 0. The third-order valence-corrected chi connectivity index (χ3v) is 3.09. The van der Waals surface area contributed by atoms with Crippen LogP contribution in [0.1, 0.15) is 26.7 Å². The van der Waals surface area contributed by atoms with Crippen LogP contribution < -0.4 is 5.32 Å². The maximum absolute atomic E-state index is 5.55. The summed E-state index contributed by atoms with van der Waals surface area (Å²) in [6, 6.07) is 0.612. The van der Waals surface area contributed by atoms with Crippen molar-refractivity contribution in [2.24, 2.45) is 0 Å². The quantitative estimate of drug-likeness (QED) is 0.695. The van der Waals surface area contributed by atoms with Gasteiger partial charge in [0.25, 0.3) is 0 Å². The van der Waals surface area contributed by atoms with Crippen molar-refractivity contribution in [2.75, 3.05) is 33.3 Å². The summed E-state index contributed by atoms with van der Waals surface area (Å²) in [4.78, 5) is 2.35. The highest BCUT2D eigenvalue weighted by Gasteiger charge is 2.15. The fourth-order valence-corrected chi connectivity index (χ4v) is 1.73. The number of likely N-dealkylation sites (N-methyl/N-ethyl adjacent to an activating group) is 1. The van der Waals surface area contributed by atoms with Crippen LogP contribution >= 0.6 is 0 Å². The van der Waals surface area contributed by atoms with Crippen LogP contribution in [0.2, 0.25) is 0 Å². The number of hydrogen-bond acceptors (Lipinski definition) is 3. The van der Waals surface area contributed by atoms with Gasteiger partial charge in [-0.1, -0.05) is 6.92 Å². The molecular weight excluding hydrogens is 176 g/mol. The summed E-state index contributed by atoms with van der Waals surface area (Å²) in [7, 11) is 2.17. The van der Waals surface area contributed by atoms with Gasteiger partial charge in [0.05, 0.1) is 6.10 Å². The van der Waals surface area contributed by atoms with Gasteiger partial charge < -0.3 is 15.0 Å². The molecule has 0 radical (unpaired) electrons. The minimum absolute atomic E-state index is 0.467. The molecule has 84 valence electrons. The van der Waals surface area contributed by atoms with E-state index in [0.29, 0.717) is 12.1 Å². The van der Waals surface area contributed by atoms with Gasteiger partial charge in [0.1, 0.15) is 0 Å². The molecule has 0 aliphatic carbocycles. The van der Waals surface area contributed by atoms with Crippen LogP contribution in [0.4, 0.5) is 0 Å². The van der Waals surface area contributed by atoms with E-state index in [2.05, 4.69) is 31.1 Å². The summed E-state index contributed by atoms with van der Waals surface area (Å²) >= 11 is 0. The van der Waals surface area contributed by atoms with Crippen LogP contribution in [0.25, 0.3) is 0 Å². The minimum Gasteiger partial charge on any atom is -0.377 e. The molecule has 1 heterocycles. The number of ether oxygens (including phenoxy) is 1. The summed E-state index contributed by atoms with van der Waals surface area (Å²) in [6.45, 7) is 8.59. The number of nitrogens with one attached hydrogen (secondary N) is 1. The molecule has 1 fully saturated rings. The molecule has 1 aliphatic heterocycles. The zero-order chi connectivity index (χ0) is 10.4. The third-order valence-electron chi connectivity index (χ3n) is 3.09. The molecule has 0 aromatic carbocycles. The van der Waals surface area contributed by atoms with Gasteiger partial charge in [-0.3, -0.25) is 0 Å². The Morgan fingerprint density at radius 2 is 2.36 bits per heavy atom. The molecule has 0 amide bonds. The van der Waals surface area contributed by atoms with Crippen molar-refractivity contribution in [3.8, 4) is 0 Å². The van der Waals surface area contributed by atoms with Crippen molar-refractivity contribution >= 4 is 0 Å². The van der Waals surface area contributed by atoms with E-state index in [1.54, 1.807) is 0 Å². The molecule has 0 bridgehead atoms. The highest BCUT2D eigenvalue weighted by molar-refractivity contribution is 4.70. The summed E-state index contributed by atoms with van der Waals surface area (Å²) < 4.78 is 5.55. The van der Waals surface area contributed by atoms with E-state index in [0.717, 1.165) is 26.2 Å². The Morgan fingerprint density at radius 1 is 1.57 bits per heavy atom. The second-order valence-corrected chi connectivity index (χ2v) is 4.22. The van der Waals surface area contributed by atoms with Crippen molar-refractivity contribution < 1.29 is 4.74 Å². The molecule has 0 saturated carbocycles. The SMILES string of the molecule is CCN(C)C(C)CNCC1CCCO1. The lowest BCUT2D eigenvalue weighted by Gasteiger charge is -2.23. The largest absolute Gasteiger partial charge is 0.377 e. The van der Waals surface area contributed by atoms with Crippen molar-refractivity contribution in [1.29, 1.82) is 0 Å². The second-order valence-electron chi connectivity index (χ2n) is 4.22. The number of nitrogens with zero attached hydrogens (tertiary/aromatic N) is 1. The Kier molecular flexibility index (Phi) is 5.45. The zero-order valence-electron chi connectivity index (χ0n) is 9.75. The normalized spacial score (nSPS) is 24.4. The number of rotatable bonds is 6. The number of hydrogen-bond donors (Lipinski definition) is 1. The lowest BCUT2D eigenvalue weighted by Crippen LogP contribution is -2.40. The molecule has 2 atom stereocenters. The first kappa shape index (κ1) is 12.0. The Labute approximate surface area is 87.8 Å². The van der Waals surface area contributed by atoms with Crippen molar-refractivity contribution in [3.05, 3.63) is 0 Å². The summed E-state index contributed by atoms with van der Waals surface area (Å²) in [5, 5.41) is 3.48. The molecule has 1 aliphatic rings. The van der Waals surface area contributed by atoms with Gasteiger partial charge in [-0.15, -0.1) is 0 Å². The molecule has 0 aromatic heterocycles.